The Kier molecular flexibility index (Phi) is 6.58. The Morgan fingerprint density at radius 3 is 2.64 bits per heavy atom. The van der Waals surface area contributed by atoms with Gasteiger partial charge < -0.3 is 14.8 Å². The van der Waals surface area contributed by atoms with Crippen molar-refractivity contribution >= 4 is 28.4 Å². The molecule has 0 spiro atoms. The second-order valence-electron chi connectivity index (χ2n) is 9.38. The third kappa shape index (κ3) is 5.03. The van der Waals surface area contributed by atoms with Crippen LogP contribution in [-0.2, 0) is 18.3 Å². The van der Waals surface area contributed by atoms with Gasteiger partial charge in [0.15, 0.2) is 0 Å². The number of nitrogens with zero attached hydrogens (tertiary/aromatic N) is 5. The Labute approximate surface area is 195 Å². The fourth-order valence-corrected chi connectivity index (χ4v) is 5.16. The van der Waals surface area contributed by atoms with E-state index in [1.807, 2.05) is 30.5 Å². The van der Waals surface area contributed by atoms with Gasteiger partial charge in [0.25, 0.3) is 0 Å². The summed E-state index contributed by atoms with van der Waals surface area (Å²) >= 11 is 0. The molecule has 1 aliphatic heterocycles. The topological polar surface area (TPSA) is 66.3 Å². The van der Waals surface area contributed by atoms with Gasteiger partial charge in [-0.1, -0.05) is 25.3 Å². The SMILES string of the molecule is Cn1c(CCN2CCN(c3ccccn3)CC2)nc2cc(NC(=O)C3CCCCC3)ccc21. The summed E-state index contributed by atoms with van der Waals surface area (Å²) in [4.78, 5) is 26.9. The predicted octanol–water partition coefficient (Wildman–Crippen LogP) is 3.85. The Morgan fingerprint density at radius 2 is 1.88 bits per heavy atom. The molecule has 7 heteroatoms. The molecule has 7 nitrogen and oxygen atoms in total. The maximum atomic E-state index is 12.6. The summed E-state index contributed by atoms with van der Waals surface area (Å²) in [5, 5.41) is 3.13. The van der Waals surface area contributed by atoms with Crippen molar-refractivity contribution in [1.82, 2.24) is 19.4 Å². The van der Waals surface area contributed by atoms with E-state index in [1.165, 1.54) is 19.3 Å². The molecule has 3 heterocycles. The largest absolute Gasteiger partial charge is 0.354 e. The van der Waals surface area contributed by atoms with E-state index in [9.17, 15) is 4.79 Å². The van der Waals surface area contributed by atoms with Crippen LogP contribution in [0.15, 0.2) is 42.6 Å². The molecule has 5 rings (SSSR count). The van der Waals surface area contributed by atoms with Crippen molar-refractivity contribution in [3.05, 3.63) is 48.4 Å². The number of imidazole rings is 1. The van der Waals surface area contributed by atoms with Crippen LogP contribution < -0.4 is 10.2 Å². The summed E-state index contributed by atoms with van der Waals surface area (Å²) in [5.41, 5.74) is 2.92. The van der Waals surface area contributed by atoms with E-state index >= 15 is 0 Å². The minimum Gasteiger partial charge on any atom is -0.354 e. The van der Waals surface area contributed by atoms with Crippen LogP contribution in [0.25, 0.3) is 11.0 Å². The molecular formula is C26H34N6O. The highest BCUT2D eigenvalue weighted by molar-refractivity contribution is 5.94. The van der Waals surface area contributed by atoms with Crippen LogP contribution >= 0.6 is 0 Å². The van der Waals surface area contributed by atoms with Crippen molar-refractivity contribution in [2.24, 2.45) is 13.0 Å². The first-order chi connectivity index (χ1) is 16.2. The monoisotopic (exact) mass is 446 g/mol. The quantitative estimate of drug-likeness (QED) is 0.623. The van der Waals surface area contributed by atoms with Crippen LogP contribution in [0.4, 0.5) is 11.5 Å². The molecule has 33 heavy (non-hydrogen) atoms. The number of anilines is 2. The van der Waals surface area contributed by atoms with E-state index in [-0.39, 0.29) is 11.8 Å². The molecule has 1 aliphatic carbocycles. The first kappa shape index (κ1) is 21.9. The normalized spacial score (nSPS) is 18.0. The van der Waals surface area contributed by atoms with Crippen LogP contribution in [0, 0.1) is 5.92 Å². The van der Waals surface area contributed by atoms with Crippen LogP contribution in [0.5, 0.6) is 0 Å². The zero-order chi connectivity index (χ0) is 22.6. The molecule has 0 atom stereocenters. The van der Waals surface area contributed by atoms with Gasteiger partial charge >= 0.3 is 0 Å². The zero-order valence-corrected chi connectivity index (χ0v) is 19.5. The first-order valence-electron chi connectivity index (χ1n) is 12.3. The fraction of sp³-hybridized carbons (Fsp3) is 0.500. The average Bonchev–Trinajstić information content (AvgIpc) is 3.18. The number of hydrogen-bond donors (Lipinski definition) is 1. The van der Waals surface area contributed by atoms with Crippen molar-refractivity contribution < 1.29 is 4.79 Å². The smallest absolute Gasteiger partial charge is 0.227 e. The second kappa shape index (κ2) is 9.91. The maximum absolute atomic E-state index is 12.6. The number of amides is 1. The highest BCUT2D eigenvalue weighted by Crippen LogP contribution is 2.26. The Bertz CT molecular complexity index is 1080. The molecule has 0 radical (unpaired) electrons. The van der Waals surface area contributed by atoms with Crippen molar-refractivity contribution in [2.75, 3.05) is 42.9 Å². The van der Waals surface area contributed by atoms with E-state index in [1.54, 1.807) is 0 Å². The summed E-state index contributed by atoms with van der Waals surface area (Å²) in [6, 6.07) is 12.2. The number of nitrogens with one attached hydrogen (secondary N) is 1. The minimum atomic E-state index is 0.159. The molecule has 2 aliphatic rings. The third-order valence-corrected chi connectivity index (χ3v) is 7.21. The van der Waals surface area contributed by atoms with Gasteiger partial charge in [-0.15, -0.1) is 0 Å². The average molecular weight is 447 g/mol. The minimum absolute atomic E-state index is 0.159. The fourth-order valence-electron chi connectivity index (χ4n) is 5.16. The number of piperazine rings is 1. The molecular weight excluding hydrogens is 412 g/mol. The van der Waals surface area contributed by atoms with Crippen molar-refractivity contribution in [2.45, 2.75) is 38.5 Å². The van der Waals surface area contributed by atoms with E-state index in [0.717, 1.165) is 80.3 Å². The lowest BCUT2D eigenvalue weighted by molar-refractivity contribution is -0.120. The number of carbonyl (C=O) groups excluding carboxylic acids is 1. The van der Waals surface area contributed by atoms with Crippen LogP contribution in [-0.4, -0.2) is 58.1 Å². The first-order valence-corrected chi connectivity index (χ1v) is 12.3. The van der Waals surface area contributed by atoms with Gasteiger partial charge in [0.05, 0.1) is 11.0 Å². The molecule has 3 aromatic rings. The van der Waals surface area contributed by atoms with Gasteiger partial charge in [0.1, 0.15) is 11.6 Å². The Morgan fingerprint density at radius 1 is 1.06 bits per heavy atom. The highest BCUT2D eigenvalue weighted by Gasteiger charge is 2.22. The van der Waals surface area contributed by atoms with Gasteiger partial charge in [0, 0.05) is 64.0 Å². The molecule has 1 N–H and O–H groups in total. The zero-order valence-electron chi connectivity index (χ0n) is 19.5. The Hall–Kier alpha value is -2.93. The van der Waals surface area contributed by atoms with E-state index in [0.29, 0.717) is 0 Å². The molecule has 1 saturated heterocycles. The molecule has 1 aromatic carbocycles. The van der Waals surface area contributed by atoms with Crippen LogP contribution in [0.1, 0.15) is 37.9 Å². The number of pyridine rings is 1. The lowest BCUT2D eigenvalue weighted by atomic mass is 9.88. The number of aryl methyl sites for hydroxylation is 1. The molecule has 2 aromatic heterocycles. The number of hydrogen-bond acceptors (Lipinski definition) is 5. The number of benzene rings is 1. The van der Waals surface area contributed by atoms with Crippen LogP contribution in [0.3, 0.4) is 0 Å². The lowest BCUT2D eigenvalue weighted by Gasteiger charge is -2.35. The van der Waals surface area contributed by atoms with Crippen molar-refractivity contribution in [3.8, 4) is 0 Å². The van der Waals surface area contributed by atoms with Gasteiger partial charge in [-0.25, -0.2) is 9.97 Å². The van der Waals surface area contributed by atoms with E-state index in [4.69, 9.17) is 4.98 Å². The maximum Gasteiger partial charge on any atom is 0.227 e. The van der Waals surface area contributed by atoms with Crippen LogP contribution in [0.2, 0.25) is 0 Å². The van der Waals surface area contributed by atoms with Gasteiger partial charge in [-0.05, 0) is 43.2 Å². The van der Waals surface area contributed by atoms with Gasteiger partial charge in [-0.3, -0.25) is 9.69 Å². The number of fused-ring (bicyclic) bond motifs is 1. The molecule has 1 amide bonds. The summed E-state index contributed by atoms with van der Waals surface area (Å²) in [5.74, 6) is 2.48. The molecule has 0 bridgehead atoms. The highest BCUT2D eigenvalue weighted by atomic mass is 16.1. The van der Waals surface area contributed by atoms with E-state index in [2.05, 4.69) is 43.8 Å². The molecule has 1 saturated carbocycles. The molecule has 2 fully saturated rings. The standard InChI is InChI=1S/C26H34N6O/c1-30-23-11-10-21(28-26(33)20-7-3-2-4-8-20)19-22(23)29-25(30)12-14-31-15-17-32(18-16-31)24-9-5-6-13-27-24/h5-6,9-11,13,19-20H,2-4,7-8,12,14-18H2,1H3,(H,28,33). The molecule has 0 unspecified atom stereocenters. The predicted molar refractivity (Wildman–Crippen MR) is 133 cm³/mol. The van der Waals surface area contributed by atoms with Crippen molar-refractivity contribution in [3.63, 3.8) is 0 Å². The number of aromatic nitrogens is 3. The summed E-state index contributed by atoms with van der Waals surface area (Å²) < 4.78 is 2.19. The second-order valence-corrected chi connectivity index (χ2v) is 9.38. The number of carbonyl (C=O) groups is 1. The summed E-state index contributed by atoms with van der Waals surface area (Å²) in [6.45, 7) is 5.08. The molecule has 174 valence electrons. The van der Waals surface area contributed by atoms with Gasteiger partial charge in [-0.2, -0.15) is 0 Å². The third-order valence-electron chi connectivity index (χ3n) is 7.21. The van der Waals surface area contributed by atoms with Gasteiger partial charge in [0.2, 0.25) is 5.91 Å². The van der Waals surface area contributed by atoms with E-state index < -0.39 is 0 Å². The lowest BCUT2D eigenvalue weighted by Crippen LogP contribution is -2.47. The number of rotatable bonds is 6. The Balaban J connectivity index is 1.18. The summed E-state index contributed by atoms with van der Waals surface area (Å²) in [7, 11) is 2.09. The summed E-state index contributed by atoms with van der Waals surface area (Å²) in [6.07, 6.45) is 8.39. The van der Waals surface area contributed by atoms with Crippen molar-refractivity contribution in [1.29, 1.82) is 0 Å².